The Morgan fingerprint density at radius 3 is 1.95 bits per heavy atom. The Morgan fingerprint density at radius 1 is 0.900 bits per heavy atom. The average molecular weight is 281 g/mol. The second-order valence-corrected chi connectivity index (χ2v) is 8.68. The van der Waals surface area contributed by atoms with Gasteiger partial charge in [0, 0.05) is 18.8 Å². The van der Waals surface area contributed by atoms with Gasteiger partial charge < -0.3 is 4.74 Å². The predicted octanol–water partition coefficient (Wildman–Crippen LogP) is 4.34. The highest BCUT2D eigenvalue weighted by Crippen LogP contribution is 2.42. The molecule has 0 aliphatic carbocycles. The van der Waals surface area contributed by atoms with Crippen LogP contribution in [0.3, 0.4) is 0 Å². The Hall–Kier alpha value is -0.0800. The van der Waals surface area contributed by atoms with Crippen molar-refractivity contribution in [1.29, 1.82) is 0 Å². The Morgan fingerprint density at radius 2 is 1.45 bits per heavy atom. The summed E-state index contributed by atoms with van der Waals surface area (Å²) in [6, 6.07) is 0. The molecule has 2 nitrogen and oxygen atoms in total. The van der Waals surface area contributed by atoms with Gasteiger partial charge in [0.25, 0.3) is 0 Å². The third-order valence-corrected chi connectivity index (χ3v) is 5.70. The fourth-order valence-corrected chi connectivity index (χ4v) is 4.20. The molecule has 2 fully saturated rings. The van der Waals surface area contributed by atoms with E-state index in [2.05, 4.69) is 39.5 Å². The maximum atomic E-state index is 5.53. The zero-order valence-electron chi connectivity index (χ0n) is 14.4. The molecular formula is C18H35NO. The van der Waals surface area contributed by atoms with Gasteiger partial charge in [0.15, 0.2) is 0 Å². The van der Waals surface area contributed by atoms with Crippen LogP contribution in [0.1, 0.15) is 66.7 Å². The van der Waals surface area contributed by atoms with Crippen LogP contribution in [0, 0.1) is 17.3 Å². The first-order chi connectivity index (χ1) is 9.29. The number of piperidine rings is 1. The molecule has 2 rings (SSSR count). The molecule has 118 valence electrons. The van der Waals surface area contributed by atoms with Crippen molar-refractivity contribution in [3.8, 4) is 0 Å². The molecule has 2 heterocycles. The third kappa shape index (κ3) is 4.21. The quantitative estimate of drug-likeness (QED) is 0.763. The van der Waals surface area contributed by atoms with Gasteiger partial charge in [-0.05, 0) is 83.2 Å². The summed E-state index contributed by atoms with van der Waals surface area (Å²) in [6.45, 7) is 16.6. The minimum atomic E-state index is 0.348. The molecule has 0 radical (unpaired) electrons. The zero-order chi connectivity index (χ0) is 14.8. The van der Waals surface area contributed by atoms with E-state index in [1.165, 1.54) is 45.2 Å². The first kappa shape index (κ1) is 16.3. The number of rotatable bonds is 3. The molecule has 0 N–H and O–H groups in total. The standard InChI is InChI=1S/C18H35NO/c1-17(2,3)19-10-6-15(7-11-19)14-18(4,5)16-8-12-20-13-9-16/h15-16H,6-14H2,1-5H3. The summed E-state index contributed by atoms with van der Waals surface area (Å²) in [6.07, 6.45) is 6.74. The Labute approximate surface area is 126 Å². The minimum absolute atomic E-state index is 0.348. The Bertz CT molecular complexity index is 291. The van der Waals surface area contributed by atoms with Crippen molar-refractivity contribution in [3.05, 3.63) is 0 Å². The highest BCUT2D eigenvalue weighted by molar-refractivity contribution is 4.87. The number of nitrogens with zero attached hydrogens (tertiary/aromatic N) is 1. The number of hydrogen-bond acceptors (Lipinski definition) is 2. The largest absolute Gasteiger partial charge is 0.381 e. The summed E-state index contributed by atoms with van der Waals surface area (Å²) in [4.78, 5) is 2.66. The van der Waals surface area contributed by atoms with E-state index in [1.54, 1.807) is 0 Å². The summed E-state index contributed by atoms with van der Waals surface area (Å²) < 4.78 is 5.53. The van der Waals surface area contributed by atoms with Crippen LogP contribution < -0.4 is 0 Å². The summed E-state index contributed by atoms with van der Waals surface area (Å²) in [5, 5.41) is 0. The fourth-order valence-electron chi connectivity index (χ4n) is 4.20. The maximum absolute atomic E-state index is 5.53. The van der Waals surface area contributed by atoms with Crippen molar-refractivity contribution in [3.63, 3.8) is 0 Å². The Balaban J connectivity index is 1.82. The summed E-state index contributed by atoms with van der Waals surface area (Å²) in [5.74, 6) is 1.81. The average Bonchev–Trinajstić information content (AvgIpc) is 2.39. The van der Waals surface area contributed by atoms with E-state index in [-0.39, 0.29) is 0 Å². The lowest BCUT2D eigenvalue weighted by molar-refractivity contribution is 0.00491. The lowest BCUT2D eigenvalue weighted by atomic mass is 9.68. The van der Waals surface area contributed by atoms with Gasteiger partial charge in [0.05, 0.1) is 0 Å². The summed E-state index contributed by atoms with van der Waals surface area (Å²) >= 11 is 0. The van der Waals surface area contributed by atoms with Crippen LogP contribution in [-0.4, -0.2) is 36.7 Å². The predicted molar refractivity (Wildman–Crippen MR) is 86.0 cm³/mol. The smallest absolute Gasteiger partial charge is 0.0468 e. The lowest BCUT2D eigenvalue weighted by Crippen LogP contribution is -2.46. The van der Waals surface area contributed by atoms with E-state index in [9.17, 15) is 0 Å². The molecule has 0 saturated carbocycles. The highest BCUT2D eigenvalue weighted by Gasteiger charge is 2.35. The maximum Gasteiger partial charge on any atom is 0.0468 e. The molecule has 2 aliphatic heterocycles. The minimum Gasteiger partial charge on any atom is -0.381 e. The molecule has 0 bridgehead atoms. The molecule has 0 unspecified atom stereocenters. The van der Waals surface area contributed by atoms with Gasteiger partial charge >= 0.3 is 0 Å². The van der Waals surface area contributed by atoms with Gasteiger partial charge in [-0.2, -0.15) is 0 Å². The van der Waals surface area contributed by atoms with Crippen molar-refractivity contribution < 1.29 is 4.74 Å². The molecule has 2 heteroatoms. The monoisotopic (exact) mass is 281 g/mol. The SMILES string of the molecule is CC(C)(CC1CCN(C(C)(C)C)CC1)C1CCOCC1. The van der Waals surface area contributed by atoms with Crippen molar-refractivity contribution in [2.45, 2.75) is 72.3 Å². The third-order valence-electron chi connectivity index (χ3n) is 5.70. The summed E-state index contributed by atoms with van der Waals surface area (Å²) in [7, 11) is 0. The van der Waals surface area contributed by atoms with E-state index < -0.39 is 0 Å². The molecule has 0 spiro atoms. The second kappa shape index (κ2) is 6.36. The van der Waals surface area contributed by atoms with Gasteiger partial charge in [-0.25, -0.2) is 0 Å². The highest BCUT2D eigenvalue weighted by atomic mass is 16.5. The van der Waals surface area contributed by atoms with Crippen LogP contribution >= 0.6 is 0 Å². The first-order valence-electron chi connectivity index (χ1n) is 8.62. The van der Waals surface area contributed by atoms with Crippen LogP contribution in [0.25, 0.3) is 0 Å². The Kier molecular flexibility index (Phi) is 5.18. The normalized spacial score (nSPS) is 25.1. The first-order valence-corrected chi connectivity index (χ1v) is 8.62. The van der Waals surface area contributed by atoms with Gasteiger partial charge in [0.1, 0.15) is 0 Å². The van der Waals surface area contributed by atoms with Gasteiger partial charge in [-0.15, -0.1) is 0 Å². The van der Waals surface area contributed by atoms with E-state index in [0.29, 0.717) is 11.0 Å². The molecule has 0 amide bonds. The van der Waals surface area contributed by atoms with E-state index in [0.717, 1.165) is 25.0 Å². The van der Waals surface area contributed by atoms with Crippen LogP contribution in [-0.2, 0) is 4.74 Å². The van der Waals surface area contributed by atoms with Crippen LogP contribution in [0.4, 0.5) is 0 Å². The van der Waals surface area contributed by atoms with Crippen LogP contribution in [0.5, 0.6) is 0 Å². The topological polar surface area (TPSA) is 12.5 Å². The van der Waals surface area contributed by atoms with E-state index in [4.69, 9.17) is 4.74 Å². The zero-order valence-corrected chi connectivity index (χ0v) is 14.4. The van der Waals surface area contributed by atoms with Crippen molar-refractivity contribution in [2.24, 2.45) is 17.3 Å². The molecule has 20 heavy (non-hydrogen) atoms. The molecule has 0 aromatic heterocycles. The number of hydrogen-bond donors (Lipinski definition) is 0. The van der Waals surface area contributed by atoms with E-state index in [1.807, 2.05) is 0 Å². The number of likely N-dealkylation sites (tertiary alicyclic amines) is 1. The van der Waals surface area contributed by atoms with Crippen molar-refractivity contribution in [2.75, 3.05) is 26.3 Å². The van der Waals surface area contributed by atoms with Crippen molar-refractivity contribution >= 4 is 0 Å². The summed E-state index contributed by atoms with van der Waals surface area (Å²) in [5.41, 5.74) is 0.847. The lowest BCUT2D eigenvalue weighted by Gasteiger charge is -2.44. The molecule has 0 atom stereocenters. The molecule has 0 aromatic rings. The van der Waals surface area contributed by atoms with Crippen molar-refractivity contribution in [1.82, 2.24) is 4.90 Å². The van der Waals surface area contributed by atoms with Gasteiger partial charge in [-0.3, -0.25) is 4.90 Å². The van der Waals surface area contributed by atoms with Crippen LogP contribution in [0.2, 0.25) is 0 Å². The molecule has 2 saturated heterocycles. The fraction of sp³-hybridized carbons (Fsp3) is 1.00. The van der Waals surface area contributed by atoms with Gasteiger partial charge in [0.2, 0.25) is 0 Å². The van der Waals surface area contributed by atoms with E-state index >= 15 is 0 Å². The van der Waals surface area contributed by atoms with Gasteiger partial charge in [-0.1, -0.05) is 13.8 Å². The second-order valence-electron chi connectivity index (χ2n) is 8.68. The van der Waals surface area contributed by atoms with Crippen LogP contribution in [0.15, 0.2) is 0 Å². The molecular weight excluding hydrogens is 246 g/mol. The molecule has 2 aliphatic rings. The molecule has 0 aromatic carbocycles. The number of ether oxygens (including phenoxy) is 1.